The van der Waals surface area contributed by atoms with Gasteiger partial charge in [0, 0.05) is 24.2 Å². The Balaban J connectivity index is 1.49. The number of para-hydroxylation sites is 1. The van der Waals surface area contributed by atoms with Crippen LogP contribution in [0.5, 0.6) is 11.5 Å². The predicted molar refractivity (Wildman–Crippen MR) is 139 cm³/mol. The molecule has 0 amide bonds. The molecular formula is C30H30N2O3. The summed E-state index contributed by atoms with van der Waals surface area (Å²) < 4.78 is 13.6. The summed E-state index contributed by atoms with van der Waals surface area (Å²) in [5.41, 5.74) is 5.66. The summed E-state index contributed by atoms with van der Waals surface area (Å²) in [4.78, 5) is 12.7. The number of rotatable bonds is 10. The van der Waals surface area contributed by atoms with E-state index in [0.29, 0.717) is 12.2 Å². The van der Waals surface area contributed by atoms with Crippen molar-refractivity contribution < 1.29 is 14.3 Å². The maximum Gasteiger partial charge on any atom is 0.189 e. The minimum atomic E-state index is -0.0642. The van der Waals surface area contributed by atoms with Gasteiger partial charge in [-0.3, -0.25) is 9.48 Å². The topological polar surface area (TPSA) is 53.4 Å². The molecule has 0 atom stereocenters. The number of carbonyl (C=O) groups is 1. The van der Waals surface area contributed by atoms with Crippen molar-refractivity contribution in [2.45, 2.75) is 33.4 Å². The quantitative estimate of drug-likeness (QED) is 0.204. The van der Waals surface area contributed by atoms with Gasteiger partial charge in [-0.05, 0) is 54.8 Å². The van der Waals surface area contributed by atoms with E-state index in [-0.39, 0.29) is 5.78 Å². The van der Waals surface area contributed by atoms with E-state index in [4.69, 9.17) is 9.47 Å². The zero-order valence-corrected chi connectivity index (χ0v) is 20.4. The molecule has 0 N–H and O–H groups in total. The third-order valence-corrected chi connectivity index (χ3v) is 5.99. The second kappa shape index (κ2) is 11.3. The number of nitrogens with zero attached hydrogens (tertiary/aromatic N) is 2. The lowest BCUT2D eigenvalue weighted by Crippen LogP contribution is -2.02. The number of hydrogen-bond donors (Lipinski definition) is 0. The molecule has 0 saturated heterocycles. The second-order valence-corrected chi connectivity index (χ2v) is 8.29. The van der Waals surface area contributed by atoms with E-state index in [1.54, 1.807) is 19.4 Å². The second-order valence-electron chi connectivity index (χ2n) is 8.29. The lowest BCUT2D eigenvalue weighted by molar-refractivity contribution is 0.104. The number of aromatic nitrogens is 2. The van der Waals surface area contributed by atoms with Gasteiger partial charge in [0.15, 0.2) is 5.78 Å². The van der Waals surface area contributed by atoms with Gasteiger partial charge in [-0.25, -0.2) is 0 Å². The van der Waals surface area contributed by atoms with Gasteiger partial charge in [0.05, 0.1) is 18.9 Å². The fourth-order valence-electron chi connectivity index (χ4n) is 4.05. The number of methoxy groups -OCH3 is 1. The van der Waals surface area contributed by atoms with Crippen LogP contribution >= 0.6 is 0 Å². The Labute approximate surface area is 206 Å². The molecule has 5 nitrogen and oxygen atoms in total. The van der Waals surface area contributed by atoms with Crippen LogP contribution in [0, 0.1) is 6.92 Å². The van der Waals surface area contributed by atoms with Crippen molar-refractivity contribution in [3.05, 3.63) is 119 Å². The summed E-state index contributed by atoms with van der Waals surface area (Å²) >= 11 is 0. The summed E-state index contributed by atoms with van der Waals surface area (Å²) in [6.45, 7) is 5.01. The molecule has 0 bridgehead atoms. The number of hydrogen-bond acceptors (Lipinski definition) is 4. The third-order valence-electron chi connectivity index (χ3n) is 5.99. The molecule has 0 aliphatic rings. The monoisotopic (exact) mass is 466 g/mol. The zero-order chi connectivity index (χ0) is 24.6. The van der Waals surface area contributed by atoms with Crippen LogP contribution in [0.4, 0.5) is 0 Å². The molecule has 4 rings (SSSR count). The van der Waals surface area contributed by atoms with Crippen LogP contribution in [0.25, 0.3) is 6.08 Å². The summed E-state index contributed by atoms with van der Waals surface area (Å²) in [5, 5.41) is 4.26. The number of allylic oxidation sites excluding steroid dienone is 1. The van der Waals surface area contributed by atoms with Crippen LogP contribution in [-0.4, -0.2) is 22.7 Å². The van der Waals surface area contributed by atoms with Gasteiger partial charge in [-0.15, -0.1) is 0 Å². The Bertz CT molecular complexity index is 1320. The third kappa shape index (κ3) is 5.87. The highest BCUT2D eigenvalue weighted by atomic mass is 16.5. The molecule has 0 spiro atoms. The minimum Gasteiger partial charge on any atom is -0.496 e. The largest absolute Gasteiger partial charge is 0.496 e. The van der Waals surface area contributed by atoms with Gasteiger partial charge in [0.1, 0.15) is 18.1 Å². The van der Waals surface area contributed by atoms with Gasteiger partial charge < -0.3 is 9.47 Å². The maximum atomic E-state index is 12.7. The molecular weight excluding hydrogens is 436 g/mol. The maximum absolute atomic E-state index is 12.7. The standard InChI is InChI=1S/C30H30N2O3/c1-4-32-22(2)27(20-31-32)28(33)16-14-24-15-17-29(34-3)26(19-24)21-35-30-13-9-8-12-25(30)18-23-10-6-5-7-11-23/h5-17,19-20H,4,18,21H2,1-3H3/b16-14+. The molecule has 5 heteroatoms. The molecule has 0 unspecified atom stereocenters. The summed E-state index contributed by atoms with van der Waals surface area (Å²) in [6, 6.07) is 24.3. The molecule has 0 radical (unpaired) electrons. The number of benzene rings is 3. The lowest BCUT2D eigenvalue weighted by atomic mass is 10.0. The molecule has 4 aromatic rings. The van der Waals surface area contributed by atoms with E-state index < -0.39 is 0 Å². The van der Waals surface area contributed by atoms with Gasteiger partial charge in [0.25, 0.3) is 0 Å². The highest BCUT2D eigenvalue weighted by Crippen LogP contribution is 2.26. The highest BCUT2D eigenvalue weighted by Gasteiger charge is 2.12. The van der Waals surface area contributed by atoms with Gasteiger partial charge in [-0.1, -0.05) is 60.7 Å². The fraction of sp³-hybridized carbons (Fsp3) is 0.200. The van der Waals surface area contributed by atoms with Crippen LogP contribution in [0.15, 0.2) is 85.1 Å². The number of ketones is 1. The Morgan fingerprint density at radius 3 is 2.49 bits per heavy atom. The van der Waals surface area contributed by atoms with Crippen molar-refractivity contribution >= 4 is 11.9 Å². The molecule has 0 aliphatic heterocycles. The van der Waals surface area contributed by atoms with Crippen molar-refractivity contribution in [2.24, 2.45) is 0 Å². The van der Waals surface area contributed by atoms with Crippen LogP contribution in [0.2, 0.25) is 0 Å². The van der Waals surface area contributed by atoms with Crippen LogP contribution in [0.3, 0.4) is 0 Å². The smallest absolute Gasteiger partial charge is 0.189 e. The molecule has 0 fully saturated rings. The van der Waals surface area contributed by atoms with Gasteiger partial charge in [0.2, 0.25) is 0 Å². The van der Waals surface area contributed by atoms with Crippen LogP contribution < -0.4 is 9.47 Å². The first-order chi connectivity index (χ1) is 17.1. The summed E-state index contributed by atoms with van der Waals surface area (Å²) in [7, 11) is 1.65. The molecule has 1 aromatic heterocycles. The van der Waals surface area contributed by atoms with E-state index >= 15 is 0 Å². The molecule has 35 heavy (non-hydrogen) atoms. The van der Waals surface area contributed by atoms with Crippen molar-refractivity contribution in [3.63, 3.8) is 0 Å². The fourth-order valence-corrected chi connectivity index (χ4v) is 4.05. The van der Waals surface area contributed by atoms with Crippen LogP contribution in [0.1, 0.15) is 45.2 Å². The Morgan fingerprint density at radius 1 is 0.971 bits per heavy atom. The summed E-state index contributed by atoms with van der Waals surface area (Å²) in [5.74, 6) is 1.53. The van der Waals surface area contributed by atoms with Crippen molar-refractivity contribution in [2.75, 3.05) is 7.11 Å². The molecule has 0 saturated carbocycles. The Kier molecular flexibility index (Phi) is 7.78. The lowest BCUT2D eigenvalue weighted by Gasteiger charge is -2.14. The first-order valence-corrected chi connectivity index (χ1v) is 11.8. The first-order valence-electron chi connectivity index (χ1n) is 11.8. The van der Waals surface area contributed by atoms with E-state index in [9.17, 15) is 4.79 Å². The van der Waals surface area contributed by atoms with Gasteiger partial charge >= 0.3 is 0 Å². The SMILES string of the molecule is CCn1ncc(C(=O)/C=C/c2ccc(OC)c(COc3ccccc3Cc3ccccc3)c2)c1C. The Morgan fingerprint density at radius 2 is 1.74 bits per heavy atom. The predicted octanol–water partition coefficient (Wildman–Crippen LogP) is 6.29. The molecule has 0 aliphatic carbocycles. The summed E-state index contributed by atoms with van der Waals surface area (Å²) in [6.07, 6.45) is 5.84. The average molecular weight is 467 g/mol. The van der Waals surface area contributed by atoms with E-state index in [1.165, 1.54) is 5.56 Å². The molecule has 1 heterocycles. The van der Waals surface area contributed by atoms with E-state index in [1.807, 2.05) is 79.2 Å². The van der Waals surface area contributed by atoms with Crippen LogP contribution in [-0.2, 0) is 19.6 Å². The molecule has 3 aromatic carbocycles. The Hall–Kier alpha value is -4.12. The van der Waals surface area contributed by atoms with Crippen molar-refractivity contribution in [3.8, 4) is 11.5 Å². The average Bonchev–Trinajstić information content (AvgIpc) is 3.27. The van der Waals surface area contributed by atoms with Crippen molar-refractivity contribution in [1.29, 1.82) is 0 Å². The highest BCUT2D eigenvalue weighted by molar-refractivity contribution is 6.07. The van der Waals surface area contributed by atoms with Crippen molar-refractivity contribution in [1.82, 2.24) is 9.78 Å². The normalized spacial score (nSPS) is 11.1. The van der Waals surface area contributed by atoms with E-state index in [0.717, 1.165) is 46.8 Å². The first kappa shape index (κ1) is 24.0. The number of carbonyl (C=O) groups excluding carboxylic acids is 1. The van der Waals surface area contributed by atoms with Gasteiger partial charge in [-0.2, -0.15) is 5.10 Å². The number of aryl methyl sites for hydroxylation is 1. The molecule has 178 valence electrons. The minimum absolute atomic E-state index is 0.0642. The van der Waals surface area contributed by atoms with E-state index in [2.05, 4.69) is 23.3 Å². The zero-order valence-electron chi connectivity index (χ0n) is 20.4. The number of ether oxygens (including phenoxy) is 2.